The number of hydrogen-bond donors (Lipinski definition) is 1. The average Bonchev–Trinajstić information content (AvgIpc) is 2.77. The molecule has 0 aliphatic carbocycles. The van der Waals surface area contributed by atoms with E-state index in [0.29, 0.717) is 5.69 Å². The van der Waals surface area contributed by atoms with Gasteiger partial charge in [0.25, 0.3) is 0 Å². The summed E-state index contributed by atoms with van der Waals surface area (Å²) < 4.78 is 31.7. The maximum absolute atomic E-state index is 13.7. The second kappa shape index (κ2) is 5.31. The van der Waals surface area contributed by atoms with Crippen molar-refractivity contribution >= 4 is 17.3 Å². The standard InChI is InChI=1S/C12H9F2NO3S/c1-6-15-9(5-19-6)7-2-3-8(13)11(14)12(7)18-4-10(16)17/h2-3,5H,4H2,1H3,(H,16,17). The molecule has 0 fully saturated rings. The number of aromatic nitrogens is 1. The molecule has 1 N–H and O–H groups in total. The van der Waals surface area contributed by atoms with E-state index in [1.165, 1.54) is 17.4 Å². The zero-order valence-corrected chi connectivity index (χ0v) is 10.6. The Balaban J connectivity index is 2.47. The minimum Gasteiger partial charge on any atom is -0.479 e. The number of aryl methyl sites for hydroxylation is 1. The van der Waals surface area contributed by atoms with Gasteiger partial charge in [-0.25, -0.2) is 14.2 Å². The highest BCUT2D eigenvalue weighted by atomic mass is 32.1. The van der Waals surface area contributed by atoms with Crippen LogP contribution in [0.1, 0.15) is 5.01 Å². The molecule has 0 aliphatic rings. The van der Waals surface area contributed by atoms with Crippen LogP contribution in [0.15, 0.2) is 17.5 Å². The highest BCUT2D eigenvalue weighted by molar-refractivity contribution is 7.09. The summed E-state index contributed by atoms with van der Waals surface area (Å²) in [5.74, 6) is -4.03. The quantitative estimate of drug-likeness (QED) is 0.938. The van der Waals surface area contributed by atoms with Crippen LogP contribution in [-0.2, 0) is 4.79 Å². The zero-order valence-electron chi connectivity index (χ0n) is 9.81. The SMILES string of the molecule is Cc1nc(-c2ccc(F)c(F)c2OCC(=O)O)cs1. The van der Waals surface area contributed by atoms with Crippen molar-refractivity contribution in [2.45, 2.75) is 6.92 Å². The number of nitrogens with zero attached hydrogens (tertiary/aromatic N) is 1. The molecule has 7 heteroatoms. The van der Waals surface area contributed by atoms with E-state index in [0.717, 1.165) is 11.1 Å². The molecular formula is C12H9F2NO3S. The largest absolute Gasteiger partial charge is 0.479 e. The van der Waals surface area contributed by atoms with Gasteiger partial charge in [-0.15, -0.1) is 11.3 Å². The number of benzene rings is 1. The third kappa shape index (κ3) is 2.87. The lowest BCUT2D eigenvalue weighted by molar-refractivity contribution is -0.139. The van der Waals surface area contributed by atoms with Crippen LogP contribution in [0.4, 0.5) is 8.78 Å². The Morgan fingerprint density at radius 2 is 2.21 bits per heavy atom. The van der Waals surface area contributed by atoms with Gasteiger partial charge in [0.15, 0.2) is 18.2 Å². The van der Waals surface area contributed by atoms with Crippen molar-refractivity contribution < 1.29 is 23.4 Å². The van der Waals surface area contributed by atoms with Gasteiger partial charge in [-0.05, 0) is 19.1 Å². The van der Waals surface area contributed by atoms with Gasteiger partial charge >= 0.3 is 5.97 Å². The molecular weight excluding hydrogens is 276 g/mol. The molecule has 1 heterocycles. The molecule has 0 bridgehead atoms. The molecule has 0 amide bonds. The number of ether oxygens (including phenoxy) is 1. The highest BCUT2D eigenvalue weighted by Gasteiger charge is 2.18. The lowest BCUT2D eigenvalue weighted by atomic mass is 10.1. The number of rotatable bonds is 4. The van der Waals surface area contributed by atoms with Gasteiger partial charge in [-0.3, -0.25) is 0 Å². The monoisotopic (exact) mass is 285 g/mol. The Kier molecular flexibility index (Phi) is 3.75. The number of thiazole rings is 1. The van der Waals surface area contributed by atoms with Gasteiger partial charge in [0, 0.05) is 10.9 Å². The molecule has 0 saturated heterocycles. The van der Waals surface area contributed by atoms with E-state index in [-0.39, 0.29) is 5.56 Å². The molecule has 0 unspecified atom stereocenters. The van der Waals surface area contributed by atoms with Crippen molar-refractivity contribution in [3.8, 4) is 17.0 Å². The number of aliphatic carboxylic acids is 1. The molecule has 0 saturated carbocycles. The summed E-state index contributed by atoms with van der Waals surface area (Å²) in [5.41, 5.74) is 0.645. The molecule has 2 rings (SSSR count). The van der Waals surface area contributed by atoms with E-state index in [4.69, 9.17) is 9.84 Å². The number of carboxylic acids is 1. The van der Waals surface area contributed by atoms with E-state index < -0.39 is 30.0 Å². The smallest absolute Gasteiger partial charge is 0.341 e. The summed E-state index contributed by atoms with van der Waals surface area (Å²) in [6.07, 6.45) is 0. The molecule has 100 valence electrons. The van der Waals surface area contributed by atoms with E-state index in [1.54, 1.807) is 12.3 Å². The van der Waals surface area contributed by atoms with Crippen molar-refractivity contribution in [1.29, 1.82) is 0 Å². The first kappa shape index (κ1) is 13.4. The molecule has 19 heavy (non-hydrogen) atoms. The van der Waals surface area contributed by atoms with Crippen LogP contribution >= 0.6 is 11.3 Å². The number of carboxylic acid groups (broad SMARTS) is 1. The lowest BCUT2D eigenvalue weighted by Crippen LogP contribution is -2.11. The van der Waals surface area contributed by atoms with Gasteiger partial charge in [0.2, 0.25) is 5.82 Å². The maximum atomic E-state index is 13.7. The number of halogens is 2. The second-order valence-electron chi connectivity index (χ2n) is 3.67. The first-order valence-corrected chi connectivity index (χ1v) is 6.12. The molecule has 0 spiro atoms. The summed E-state index contributed by atoms with van der Waals surface area (Å²) in [7, 11) is 0. The topological polar surface area (TPSA) is 59.4 Å². The molecule has 1 aromatic carbocycles. The Morgan fingerprint density at radius 3 is 2.79 bits per heavy atom. The molecule has 0 radical (unpaired) electrons. The third-order valence-electron chi connectivity index (χ3n) is 2.28. The van der Waals surface area contributed by atoms with Crippen molar-refractivity contribution in [2.24, 2.45) is 0 Å². The van der Waals surface area contributed by atoms with E-state index >= 15 is 0 Å². The van der Waals surface area contributed by atoms with Crippen LogP contribution in [0, 0.1) is 18.6 Å². The number of carbonyl (C=O) groups is 1. The summed E-state index contributed by atoms with van der Waals surface area (Å²) in [5, 5.41) is 11.0. The molecule has 4 nitrogen and oxygen atoms in total. The van der Waals surface area contributed by atoms with Crippen molar-refractivity contribution in [3.05, 3.63) is 34.2 Å². The molecule has 0 aliphatic heterocycles. The van der Waals surface area contributed by atoms with Gasteiger partial charge in [0.1, 0.15) is 0 Å². The fourth-order valence-electron chi connectivity index (χ4n) is 1.50. The maximum Gasteiger partial charge on any atom is 0.341 e. The van der Waals surface area contributed by atoms with Crippen LogP contribution in [0.5, 0.6) is 5.75 Å². The van der Waals surface area contributed by atoms with Crippen LogP contribution in [0.25, 0.3) is 11.3 Å². The average molecular weight is 285 g/mol. The summed E-state index contributed by atoms with van der Waals surface area (Å²) in [6.45, 7) is 1.02. The number of hydrogen-bond acceptors (Lipinski definition) is 4. The second-order valence-corrected chi connectivity index (χ2v) is 4.73. The fourth-order valence-corrected chi connectivity index (χ4v) is 2.11. The van der Waals surface area contributed by atoms with Crippen molar-refractivity contribution in [3.63, 3.8) is 0 Å². The van der Waals surface area contributed by atoms with Crippen LogP contribution in [0.3, 0.4) is 0 Å². The predicted molar refractivity (Wildman–Crippen MR) is 65.3 cm³/mol. The molecule has 0 atom stereocenters. The Bertz CT molecular complexity index is 627. The Labute approximate surface area is 111 Å². The molecule has 2 aromatic rings. The van der Waals surface area contributed by atoms with E-state index in [1.807, 2.05) is 0 Å². The Morgan fingerprint density at radius 1 is 1.47 bits per heavy atom. The van der Waals surface area contributed by atoms with Crippen molar-refractivity contribution in [2.75, 3.05) is 6.61 Å². The van der Waals surface area contributed by atoms with Crippen LogP contribution < -0.4 is 4.74 Å². The van der Waals surface area contributed by atoms with Gasteiger partial charge < -0.3 is 9.84 Å². The third-order valence-corrected chi connectivity index (χ3v) is 3.06. The minimum absolute atomic E-state index is 0.226. The summed E-state index contributed by atoms with van der Waals surface area (Å²) in [6, 6.07) is 2.26. The van der Waals surface area contributed by atoms with Gasteiger partial charge in [-0.2, -0.15) is 4.39 Å². The fraction of sp³-hybridized carbons (Fsp3) is 0.167. The molecule has 1 aromatic heterocycles. The first-order chi connectivity index (χ1) is 8.99. The predicted octanol–water partition coefficient (Wildman–Crippen LogP) is 2.86. The van der Waals surface area contributed by atoms with Crippen LogP contribution in [-0.4, -0.2) is 22.7 Å². The minimum atomic E-state index is -1.27. The first-order valence-electron chi connectivity index (χ1n) is 5.24. The van der Waals surface area contributed by atoms with E-state index in [9.17, 15) is 13.6 Å². The van der Waals surface area contributed by atoms with Gasteiger partial charge in [-0.1, -0.05) is 0 Å². The zero-order chi connectivity index (χ0) is 14.0. The van der Waals surface area contributed by atoms with Crippen molar-refractivity contribution in [1.82, 2.24) is 4.98 Å². The normalized spacial score (nSPS) is 10.5. The summed E-state index contributed by atoms with van der Waals surface area (Å²) >= 11 is 1.34. The lowest BCUT2D eigenvalue weighted by Gasteiger charge is -2.10. The Hall–Kier alpha value is -2.02. The summed E-state index contributed by atoms with van der Waals surface area (Å²) in [4.78, 5) is 14.6. The van der Waals surface area contributed by atoms with Gasteiger partial charge in [0.05, 0.1) is 10.7 Å². The van der Waals surface area contributed by atoms with Crippen LogP contribution in [0.2, 0.25) is 0 Å². The van der Waals surface area contributed by atoms with E-state index in [2.05, 4.69) is 4.98 Å². The highest BCUT2D eigenvalue weighted by Crippen LogP contribution is 2.34.